The summed E-state index contributed by atoms with van der Waals surface area (Å²) in [7, 11) is -4.56. The number of nitrogens with two attached hydrogens (primary N) is 1. The number of fused-ring (bicyclic) bond motifs is 1. The summed E-state index contributed by atoms with van der Waals surface area (Å²) in [5.41, 5.74) is 9.38. The molecule has 0 bridgehead atoms. The summed E-state index contributed by atoms with van der Waals surface area (Å²) in [6.07, 6.45) is 1.66. The van der Waals surface area contributed by atoms with E-state index in [4.69, 9.17) is 20.3 Å². The number of nitrogen functional groups attached to an aromatic ring is 1. The number of hydrogen-bond acceptors (Lipinski definition) is 8. The zero-order valence-electron chi connectivity index (χ0n) is 23.0. The molecule has 0 unspecified atom stereocenters. The Morgan fingerprint density at radius 3 is 2.17 bits per heavy atom. The lowest BCUT2D eigenvalue weighted by Crippen LogP contribution is -2.33. The number of phosphoric ester groups is 1. The lowest BCUT2D eigenvalue weighted by atomic mass is 10.0. The van der Waals surface area contributed by atoms with E-state index in [-0.39, 0.29) is 31.4 Å². The second kappa shape index (κ2) is 14.8. The van der Waals surface area contributed by atoms with Gasteiger partial charge in [-0.15, -0.1) is 0 Å². The number of ether oxygens (including phenoxy) is 1. The average molecular weight is 573 g/mol. The lowest BCUT2D eigenvalue weighted by molar-refractivity contribution is -0.665. The number of hydrogen-bond donors (Lipinski definition) is 3. The minimum Gasteiger partial charge on any atom is -0.855 e. The van der Waals surface area contributed by atoms with E-state index in [1.165, 1.54) is 19.6 Å². The van der Waals surface area contributed by atoms with Gasteiger partial charge in [0.05, 0.1) is 13.2 Å². The van der Waals surface area contributed by atoms with Gasteiger partial charge in [-0.3, -0.25) is 4.52 Å². The maximum atomic E-state index is 12.5. The highest BCUT2D eigenvalue weighted by molar-refractivity contribution is 7.46. The molecule has 4 aromatic rings. The number of nitrogens with zero attached hydrogens (tertiary/aromatic N) is 5. The number of imidazole rings is 1. The Labute approximate surface area is 233 Å². The molecule has 216 valence electrons. The Kier molecular flexibility index (Phi) is 11.6. The molecule has 0 saturated heterocycles. The second-order valence-electron chi connectivity index (χ2n) is 8.82. The van der Waals surface area contributed by atoms with Crippen molar-refractivity contribution in [3.05, 3.63) is 66.5 Å². The minimum absolute atomic E-state index is 0.0309. The standard InChI is InChI=1S/C21H22N5O6P.C6H15N/c22-21-23-19-18(20(27)24-21)25(13-26(19)14-31-10-11-32-33(28,29)30)12-15-6-8-17(9-7-15)16-4-2-1-3-5-16;1-4-7(5-2)6-3/h1-9,13H,10-12,14H2,(H4-,22,23,24,27,28,29,30);4-6H2,1-3H3. The fourth-order valence-electron chi connectivity index (χ4n) is 4.06. The molecule has 2 aromatic carbocycles. The molecule has 0 aliphatic heterocycles. The van der Waals surface area contributed by atoms with Crippen LogP contribution in [0, 0.1) is 0 Å². The van der Waals surface area contributed by atoms with Crippen LogP contribution in [0.5, 0.6) is 5.88 Å². The van der Waals surface area contributed by atoms with Crippen LogP contribution < -0.4 is 15.4 Å². The van der Waals surface area contributed by atoms with Crippen molar-refractivity contribution < 1.29 is 33.3 Å². The fourth-order valence-corrected chi connectivity index (χ4v) is 4.38. The Morgan fingerprint density at radius 2 is 1.60 bits per heavy atom. The highest BCUT2D eigenvalue weighted by Crippen LogP contribution is 2.35. The number of aromatic nitrogens is 4. The summed E-state index contributed by atoms with van der Waals surface area (Å²) in [6, 6.07) is 18.0. The monoisotopic (exact) mass is 572 g/mol. The summed E-state index contributed by atoms with van der Waals surface area (Å²) in [5, 5.41) is 12.5. The van der Waals surface area contributed by atoms with Crippen LogP contribution in [0.4, 0.5) is 5.95 Å². The number of benzene rings is 2. The molecule has 0 spiro atoms. The van der Waals surface area contributed by atoms with Crippen molar-refractivity contribution >= 4 is 24.9 Å². The van der Waals surface area contributed by atoms with Crippen molar-refractivity contribution in [3.63, 3.8) is 0 Å². The van der Waals surface area contributed by atoms with Crippen LogP contribution in [0.25, 0.3) is 22.3 Å². The molecule has 4 rings (SSSR count). The van der Waals surface area contributed by atoms with E-state index in [9.17, 15) is 9.67 Å². The van der Waals surface area contributed by atoms with E-state index in [0.29, 0.717) is 12.2 Å². The van der Waals surface area contributed by atoms with Crippen LogP contribution in [0.2, 0.25) is 0 Å². The number of anilines is 1. The molecule has 0 amide bonds. The first-order chi connectivity index (χ1) is 19.1. The SMILES string of the molecule is CCN(CC)CC.Nc1nc([O-])c2c(n1)n(COCCOP(=O)(O)O)c[n+]2Cc1ccc(-c2ccccc2)cc1. The van der Waals surface area contributed by atoms with Crippen molar-refractivity contribution in [1.29, 1.82) is 0 Å². The van der Waals surface area contributed by atoms with Crippen molar-refractivity contribution in [3.8, 4) is 17.0 Å². The zero-order chi connectivity index (χ0) is 29.1. The molecule has 0 saturated carbocycles. The van der Waals surface area contributed by atoms with Crippen molar-refractivity contribution in [2.45, 2.75) is 34.0 Å². The predicted molar refractivity (Wildman–Crippen MR) is 150 cm³/mol. The van der Waals surface area contributed by atoms with Gasteiger partial charge in [0.25, 0.3) is 5.65 Å². The van der Waals surface area contributed by atoms with Gasteiger partial charge in [0.2, 0.25) is 17.8 Å². The Morgan fingerprint density at radius 1 is 0.975 bits per heavy atom. The first-order valence-electron chi connectivity index (χ1n) is 13.0. The zero-order valence-corrected chi connectivity index (χ0v) is 23.9. The summed E-state index contributed by atoms with van der Waals surface area (Å²) in [4.78, 5) is 27.7. The molecule has 12 nitrogen and oxygen atoms in total. The van der Waals surface area contributed by atoms with E-state index < -0.39 is 13.7 Å². The molecular formula is C27H37N6O6P. The molecule has 4 N–H and O–H groups in total. The Balaban J connectivity index is 0.000000559. The van der Waals surface area contributed by atoms with Crippen LogP contribution in [-0.4, -0.2) is 62.1 Å². The van der Waals surface area contributed by atoms with E-state index in [1.807, 2.05) is 54.6 Å². The third-order valence-corrected chi connectivity index (χ3v) is 6.68. The quantitative estimate of drug-likeness (QED) is 0.131. The highest BCUT2D eigenvalue weighted by Gasteiger charge is 2.20. The lowest BCUT2D eigenvalue weighted by Gasteiger charge is -2.13. The molecule has 13 heteroatoms. The molecule has 40 heavy (non-hydrogen) atoms. The van der Waals surface area contributed by atoms with Crippen LogP contribution in [0.1, 0.15) is 26.3 Å². The Bertz CT molecular complexity index is 1380. The molecular weight excluding hydrogens is 535 g/mol. The van der Waals surface area contributed by atoms with Crippen LogP contribution >= 0.6 is 7.82 Å². The van der Waals surface area contributed by atoms with Gasteiger partial charge < -0.3 is 30.3 Å². The van der Waals surface area contributed by atoms with Crippen molar-refractivity contribution in [2.75, 3.05) is 38.6 Å². The van der Waals surface area contributed by atoms with Crippen molar-refractivity contribution in [1.82, 2.24) is 19.4 Å². The van der Waals surface area contributed by atoms with Gasteiger partial charge in [-0.05, 0) is 36.3 Å². The van der Waals surface area contributed by atoms with E-state index in [2.05, 4.69) is 40.2 Å². The van der Waals surface area contributed by atoms with E-state index in [0.717, 1.165) is 16.7 Å². The fraction of sp³-hybridized carbons (Fsp3) is 0.370. The molecule has 2 heterocycles. The average Bonchev–Trinajstić information content (AvgIpc) is 3.27. The molecule has 0 fully saturated rings. The topological polar surface area (TPSA) is 163 Å². The van der Waals surface area contributed by atoms with Gasteiger partial charge in [0.1, 0.15) is 6.54 Å². The molecule has 0 aliphatic carbocycles. The summed E-state index contributed by atoms with van der Waals surface area (Å²) < 4.78 is 23.8. The molecule has 0 atom stereocenters. The predicted octanol–water partition coefficient (Wildman–Crippen LogP) is 2.52. The van der Waals surface area contributed by atoms with Crippen LogP contribution in [0.3, 0.4) is 0 Å². The van der Waals surface area contributed by atoms with Crippen molar-refractivity contribution in [2.24, 2.45) is 0 Å². The van der Waals surface area contributed by atoms with E-state index >= 15 is 0 Å². The van der Waals surface area contributed by atoms with Crippen LogP contribution in [-0.2, 0) is 27.1 Å². The van der Waals surface area contributed by atoms with E-state index in [1.54, 1.807) is 15.5 Å². The largest absolute Gasteiger partial charge is 0.855 e. The normalized spacial score (nSPS) is 11.6. The smallest absolute Gasteiger partial charge is 0.469 e. The van der Waals surface area contributed by atoms with Crippen LogP contribution in [0.15, 0.2) is 60.9 Å². The Hall–Kier alpha value is -3.38. The van der Waals surface area contributed by atoms with Gasteiger partial charge >= 0.3 is 7.82 Å². The first-order valence-corrected chi connectivity index (χ1v) is 14.6. The van der Waals surface area contributed by atoms with Gasteiger partial charge in [0.15, 0.2) is 6.73 Å². The minimum atomic E-state index is -4.56. The molecule has 0 radical (unpaired) electrons. The van der Waals surface area contributed by atoms with Gasteiger partial charge in [-0.25, -0.2) is 14.1 Å². The highest BCUT2D eigenvalue weighted by atomic mass is 31.2. The summed E-state index contributed by atoms with van der Waals surface area (Å²) in [5.74, 6) is -0.668. The molecule has 0 aliphatic rings. The van der Waals surface area contributed by atoms with Gasteiger partial charge in [0, 0.05) is 5.88 Å². The summed E-state index contributed by atoms with van der Waals surface area (Å²) >= 11 is 0. The summed E-state index contributed by atoms with van der Waals surface area (Å²) in [6.45, 7) is 10.1. The number of phosphoric acid groups is 1. The number of rotatable bonds is 12. The van der Waals surface area contributed by atoms with Gasteiger partial charge in [-0.1, -0.05) is 75.4 Å². The maximum absolute atomic E-state index is 12.5. The third-order valence-electron chi connectivity index (χ3n) is 6.16. The molecule has 2 aromatic heterocycles. The first kappa shape index (κ1) is 31.2. The second-order valence-corrected chi connectivity index (χ2v) is 10.1. The maximum Gasteiger partial charge on any atom is 0.469 e. The van der Waals surface area contributed by atoms with Gasteiger partial charge in [-0.2, -0.15) is 9.55 Å². The third kappa shape index (κ3) is 9.09.